The van der Waals surface area contributed by atoms with Gasteiger partial charge in [0.05, 0.1) is 10.6 Å². The van der Waals surface area contributed by atoms with Crippen LogP contribution in [0.4, 0.5) is 10.1 Å². The first kappa shape index (κ1) is 26.9. The average Bonchev–Trinajstić information content (AvgIpc) is 2.90. The molecule has 3 rings (SSSR count). The number of hydrogen-bond donors (Lipinski definition) is 1. The molecule has 0 bridgehead atoms. The molecule has 3 aromatic rings. The second-order valence-corrected chi connectivity index (χ2v) is 10.1. The van der Waals surface area contributed by atoms with Gasteiger partial charge in [-0.05, 0) is 49.2 Å². The summed E-state index contributed by atoms with van der Waals surface area (Å²) in [6, 6.07) is 19.7. The summed E-state index contributed by atoms with van der Waals surface area (Å²) in [7, 11) is -2.69. The van der Waals surface area contributed by atoms with Crippen LogP contribution in [0.1, 0.15) is 25.0 Å². The maximum absolute atomic E-state index is 14.4. The topological polar surface area (TPSA) is 86.8 Å². The van der Waals surface area contributed by atoms with E-state index in [4.69, 9.17) is 0 Å². The molecule has 9 heteroatoms. The molecule has 36 heavy (non-hydrogen) atoms. The highest BCUT2D eigenvalue weighted by atomic mass is 32.2. The molecule has 0 saturated heterocycles. The van der Waals surface area contributed by atoms with E-state index in [1.54, 1.807) is 48.5 Å². The fourth-order valence-corrected chi connectivity index (χ4v) is 5.18. The molecule has 0 saturated carbocycles. The lowest BCUT2D eigenvalue weighted by molar-refractivity contribution is -0.139. The van der Waals surface area contributed by atoms with Crippen LogP contribution in [0.5, 0.6) is 0 Å². The summed E-state index contributed by atoms with van der Waals surface area (Å²) in [5.41, 5.74) is 1.53. The lowest BCUT2D eigenvalue weighted by Crippen LogP contribution is -2.50. The number of sulfonamides is 1. The van der Waals surface area contributed by atoms with E-state index in [0.717, 1.165) is 16.3 Å². The Morgan fingerprint density at radius 1 is 0.944 bits per heavy atom. The van der Waals surface area contributed by atoms with Crippen LogP contribution in [0.3, 0.4) is 0 Å². The molecule has 0 spiro atoms. The van der Waals surface area contributed by atoms with Gasteiger partial charge in [0.25, 0.3) is 10.0 Å². The first-order valence-electron chi connectivity index (χ1n) is 11.6. The first-order valence-corrected chi connectivity index (χ1v) is 13.0. The van der Waals surface area contributed by atoms with Crippen molar-refractivity contribution in [2.45, 2.75) is 37.8 Å². The zero-order chi connectivity index (χ0) is 26.3. The molecule has 0 aliphatic heterocycles. The Morgan fingerprint density at radius 3 is 2.14 bits per heavy atom. The number of nitrogens with zero attached hydrogens (tertiary/aromatic N) is 2. The zero-order valence-electron chi connectivity index (χ0n) is 20.5. The summed E-state index contributed by atoms with van der Waals surface area (Å²) < 4.78 is 42.7. The summed E-state index contributed by atoms with van der Waals surface area (Å²) >= 11 is 0. The van der Waals surface area contributed by atoms with E-state index >= 15 is 0 Å². The second-order valence-electron chi connectivity index (χ2n) is 8.25. The number of amides is 2. The quantitative estimate of drug-likeness (QED) is 0.449. The fourth-order valence-electron chi connectivity index (χ4n) is 3.75. The third-order valence-corrected chi connectivity index (χ3v) is 7.74. The monoisotopic (exact) mass is 511 g/mol. The van der Waals surface area contributed by atoms with E-state index < -0.39 is 40.2 Å². The molecule has 0 radical (unpaired) electrons. The Balaban J connectivity index is 2.03. The van der Waals surface area contributed by atoms with Gasteiger partial charge in [0.1, 0.15) is 18.4 Å². The Morgan fingerprint density at radius 2 is 1.56 bits per heavy atom. The minimum absolute atomic E-state index is 0.0253. The third kappa shape index (κ3) is 6.09. The molecular weight excluding hydrogens is 481 g/mol. The van der Waals surface area contributed by atoms with Gasteiger partial charge in [-0.2, -0.15) is 0 Å². The minimum atomic E-state index is -4.12. The Labute approximate surface area is 211 Å². The molecule has 0 unspecified atom stereocenters. The molecule has 7 nitrogen and oxygen atoms in total. The van der Waals surface area contributed by atoms with E-state index in [9.17, 15) is 22.4 Å². The predicted molar refractivity (Wildman–Crippen MR) is 137 cm³/mol. The van der Waals surface area contributed by atoms with Crippen molar-refractivity contribution in [2.75, 3.05) is 17.9 Å². The predicted octanol–water partition coefficient (Wildman–Crippen LogP) is 3.75. The van der Waals surface area contributed by atoms with E-state index in [1.165, 1.54) is 49.2 Å². The van der Waals surface area contributed by atoms with Crippen LogP contribution in [-0.2, 0) is 32.6 Å². The second kappa shape index (κ2) is 11.8. The molecule has 3 aromatic carbocycles. The van der Waals surface area contributed by atoms with Crippen LogP contribution >= 0.6 is 0 Å². The average molecular weight is 512 g/mol. The SMILES string of the molecule is CCc1ccc(N(CC(=O)N(Cc2ccccc2F)[C@H](C)C(=O)NC)S(=O)(=O)c2ccccc2)cc1. The third-order valence-electron chi connectivity index (χ3n) is 5.95. The maximum atomic E-state index is 14.4. The minimum Gasteiger partial charge on any atom is -0.357 e. The van der Waals surface area contributed by atoms with Crippen molar-refractivity contribution < 1.29 is 22.4 Å². The Kier molecular flexibility index (Phi) is 8.82. The van der Waals surface area contributed by atoms with Gasteiger partial charge < -0.3 is 10.2 Å². The molecule has 0 heterocycles. The number of likely N-dealkylation sites (N-methyl/N-ethyl adjacent to an activating group) is 1. The molecule has 1 atom stereocenters. The number of anilines is 1. The highest BCUT2D eigenvalue weighted by molar-refractivity contribution is 7.92. The molecule has 0 aliphatic rings. The normalized spacial score (nSPS) is 12.0. The molecule has 0 fully saturated rings. The molecule has 0 aromatic heterocycles. The van der Waals surface area contributed by atoms with Gasteiger partial charge in [-0.1, -0.05) is 55.5 Å². The number of nitrogens with one attached hydrogen (secondary N) is 1. The Hall–Kier alpha value is -3.72. The van der Waals surface area contributed by atoms with Crippen molar-refractivity contribution in [1.82, 2.24) is 10.2 Å². The molecule has 190 valence electrons. The number of carbonyl (C=O) groups excluding carboxylic acids is 2. The van der Waals surface area contributed by atoms with Gasteiger partial charge in [0.15, 0.2) is 0 Å². The highest BCUT2D eigenvalue weighted by Gasteiger charge is 2.32. The smallest absolute Gasteiger partial charge is 0.264 e. The van der Waals surface area contributed by atoms with Crippen molar-refractivity contribution in [3.05, 3.63) is 95.8 Å². The number of hydrogen-bond acceptors (Lipinski definition) is 4. The summed E-state index contributed by atoms with van der Waals surface area (Å²) in [6.07, 6.45) is 0.769. The summed E-state index contributed by atoms with van der Waals surface area (Å²) in [5, 5.41) is 2.50. The first-order chi connectivity index (χ1) is 17.2. The summed E-state index contributed by atoms with van der Waals surface area (Å²) in [6.45, 7) is 2.73. The van der Waals surface area contributed by atoms with Crippen molar-refractivity contribution in [1.29, 1.82) is 0 Å². The standard InChI is InChI=1S/C27H30FN3O4S/c1-4-21-14-16-23(17-15-21)31(36(34,35)24-11-6-5-7-12-24)19-26(32)30(20(2)27(33)29-3)18-22-10-8-9-13-25(22)28/h5-17,20H,4,18-19H2,1-3H3,(H,29,33)/t20-/m1/s1. The number of carbonyl (C=O) groups is 2. The van der Waals surface area contributed by atoms with Gasteiger partial charge in [0, 0.05) is 19.2 Å². The van der Waals surface area contributed by atoms with Gasteiger partial charge in [-0.25, -0.2) is 12.8 Å². The maximum Gasteiger partial charge on any atom is 0.264 e. The van der Waals surface area contributed by atoms with Crippen LogP contribution in [-0.4, -0.2) is 44.8 Å². The highest BCUT2D eigenvalue weighted by Crippen LogP contribution is 2.25. The van der Waals surface area contributed by atoms with Crippen LogP contribution in [0.25, 0.3) is 0 Å². The summed E-state index contributed by atoms with van der Waals surface area (Å²) in [4.78, 5) is 27.3. The van der Waals surface area contributed by atoms with Crippen LogP contribution < -0.4 is 9.62 Å². The zero-order valence-corrected chi connectivity index (χ0v) is 21.3. The fraction of sp³-hybridized carbons (Fsp3) is 0.259. The van der Waals surface area contributed by atoms with Gasteiger partial charge in [0.2, 0.25) is 11.8 Å². The van der Waals surface area contributed by atoms with E-state index in [1.807, 2.05) is 6.92 Å². The van der Waals surface area contributed by atoms with Gasteiger partial charge in [-0.3, -0.25) is 13.9 Å². The number of benzene rings is 3. The molecule has 1 N–H and O–H groups in total. The van der Waals surface area contributed by atoms with Crippen molar-refractivity contribution in [3.63, 3.8) is 0 Å². The number of aryl methyl sites for hydroxylation is 1. The van der Waals surface area contributed by atoms with E-state index in [2.05, 4.69) is 5.32 Å². The lowest BCUT2D eigenvalue weighted by Gasteiger charge is -2.31. The molecular formula is C27H30FN3O4S. The Bertz CT molecular complexity index is 1300. The van der Waals surface area contributed by atoms with Crippen LogP contribution in [0.15, 0.2) is 83.8 Å². The van der Waals surface area contributed by atoms with Crippen LogP contribution in [0, 0.1) is 5.82 Å². The summed E-state index contributed by atoms with van der Waals surface area (Å²) in [5.74, 6) is -1.62. The van der Waals surface area contributed by atoms with Crippen molar-refractivity contribution >= 4 is 27.5 Å². The number of rotatable bonds is 10. The largest absolute Gasteiger partial charge is 0.357 e. The van der Waals surface area contributed by atoms with Crippen molar-refractivity contribution in [2.24, 2.45) is 0 Å². The van der Waals surface area contributed by atoms with Gasteiger partial charge >= 0.3 is 0 Å². The van der Waals surface area contributed by atoms with E-state index in [-0.39, 0.29) is 17.0 Å². The van der Waals surface area contributed by atoms with Crippen molar-refractivity contribution in [3.8, 4) is 0 Å². The van der Waals surface area contributed by atoms with Crippen LogP contribution in [0.2, 0.25) is 0 Å². The molecule has 2 amide bonds. The lowest BCUT2D eigenvalue weighted by atomic mass is 10.1. The van der Waals surface area contributed by atoms with Gasteiger partial charge in [-0.15, -0.1) is 0 Å². The number of halogens is 1. The molecule has 0 aliphatic carbocycles. The van der Waals surface area contributed by atoms with E-state index in [0.29, 0.717) is 5.69 Å².